The molecule has 84 valence electrons. The summed E-state index contributed by atoms with van der Waals surface area (Å²) in [6.07, 6.45) is 2.36. The first-order valence-electron chi connectivity index (χ1n) is 5.23. The van der Waals surface area contributed by atoms with Crippen LogP contribution in [0.4, 0.5) is 0 Å². The molecular formula is C11H18N2OS. The van der Waals surface area contributed by atoms with Crippen molar-refractivity contribution in [2.45, 2.75) is 38.4 Å². The van der Waals surface area contributed by atoms with Crippen LogP contribution in [0.3, 0.4) is 0 Å². The molecule has 0 radical (unpaired) electrons. The van der Waals surface area contributed by atoms with Crippen molar-refractivity contribution in [1.82, 2.24) is 5.32 Å². The predicted molar refractivity (Wildman–Crippen MR) is 62.5 cm³/mol. The van der Waals surface area contributed by atoms with Gasteiger partial charge in [-0.15, -0.1) is 0 Å². The van der Waals surface area contributed by atoms with Crippen molar-refractivity contribution in [3.05, 3.63) is 0 Å². The molecule has 0 bridgehead atoms. The largest absolute Gasteiger partial charge is 0.353 e. The quantitative estimate of drug-likeness (QED) is 0.800. The van der Waals surface area contributed by atoms with E-state index in [9.17, 15) is 4.79 Å². The van der Waals surface area contributed by atoms with Gasteiger partial charge in [0.2, 0.25) is 5.91 Å². The minimum absolute atomic E-state index is 0.168. The highest BCUT2D eigenvalue weighted by Crippen LogP contribution is 2.37. The zero-order chi connectivity index (χ0) is 11.5. The van der Waals surface area contributed by atoms with Gasteiger partial charge in [0.25, 0.3) is 0 Å². The fraction of sp³-hybridized carbons (Fsp3) is 0.818. The van der Waals surface area contributed by atoms with Crippen molar-refractivity contribution in [3.63, 3.8) is 0 Å². The Kier molecular flexibility index (Phi) is 3.67. The van der Waals surface area contributed by atoms with Crippen LogP contribution in [-0.2, 0) is 4.79 Å². The third-order valence-electron chi connectivity index (χ3n) is 2.77. The van der Waals surface area contributed by atoms with Crippen LogP contribution >= 0.6 is 11.8 Å². The van der Waals surface area contributed by atoms with Gasteiger partial charge in [-0.2, -0.15) is 17.0 Å². The molecular weight excluding hydrogens is 208 g/mol. The maximum absolute atomic E-state index is 11.7. The van der Waals surface area contributed by atoms with Gasteiger partial charge in [-0.25, -0.2) is 0 Å². The second-order valence-corrected chi connectivity index (χ2v) is 6.50. The second-order valence-electron chi connectivity index (χ2n) is 4.82. The number of amides is 1. The Morgan fingerprint density at radius 2 is 2.33 bits per heavy atom. The van der Waals surface area contributed by atoms with Crippen LogP contribution in [0, 0.1) is 16.7 Å². The van der Waals surface area contributed by atoms with Crippen molar-refractivity contribution >= 4 is 17.7 Å². The normalized spacial score (nSPS) is 26.0. The van der Waals surface area contributed by atoms with Crippen LogP contribution in [0.15, 0.2) is 0 Å². The molecule has 0 aromatic carbocycles. The van der Waals surface area contributed by atoms with Crippen LogP contribution in [0.2, 0.25) is 0 Å². The van der Waals surface area contributed by atoms with E-state index in [-0.39, 0.29) is 10.7 Å². The summed E-state index contributed by atoms with van der Waals surface area (Å²) in [6.45, 7) is 6.13. The van der Waals surface area contributed by atoms with Crippen LogP contribution in [0.5, 0.6) is 0 Å². The van der Waals surface area contributed by atoms with Crippen LogP contribution in [-0.4, -0.2) is 23.0 Å². The van der Waals surface area contributed by atoms with Crippen molar-refractivity contribution in [2.75, 3.05) is 12.3 Å². The van der Waals surface area contributed by atoms with Gasteiger partial charge in [0, 0.05) is 11.3 Å². The zero-order valence-electron chi connectivity index (χ0n) is 9.59. The lowest BCUT2D eigenvalue weighted by atomic mass is 9.94. The molecule has 1 fully saturated rings. The van der Waals surface area contributed by atoms with Gasteiger partial charge in [0.05, 0.1) is 6.07 Å². The molecule has 15 heavy (non-hydrogen) atoms. The summed E-state index contributed by atoms with van der Waals surface area (Å²) in [7, 11) is 0. The third kappa shape index (κ3) is 3.13. The standard InChI is InChI=1S/C11H18N2OS/c1-10(2,7-12)9(14)13-8-11(3)5-4-6-15-11/h4-6,8H2,1-3H3,(H,13,14). The van der Waals surface area contributed by atoms with Gasteiger partial charge in [-0.05, 0) is 39.4 Å². The van der Waals surface area contributed by atoms with Crippen LogP contribution in [0.1, 0.15) is 33.6 Å². The molecule has 0 aromatic heterocycles. The molecule has 0 spiro atoms. The van der Waals surface area contributed by atoms with Crippen molar-refractivity contribution < 1.29 is 4.79 Å². The summed E-state index contributed by atoms with van der Waals surface area (Å²) < 4.78 is 0.168. The summed E-state index contributed by atoms with van der Waals surface area (Å²) in [5.74, 6) is 1.01. The summed E-state index contributed by atoms with van der Waals surface area (Å²) in [5.41, 5.74) is -0.917. The molecule has 1 aliphatic heterocycles. The summed E-state index contributed by atoms with van der Waals surface area (Å²) in [5, 5.41) is 11.7. The molecule has 3 nitrogen and oxygen atoms in total. The van der Waals surface area contributed by atoms with Gasteiger partial charge in [0.15, 0.2) is 0 Å². The number of nitriles is 1. The first kappa shape index (κ1) is 12.4. The van der Waals surface area contributed by atoms with Crippen LogP contribution in [0.25, 0.3) is 0 Å². The third-order valence-corrected chi connectivity index (χ3v) is 4.31. The number of rotatable bonds is 3. The molecule has 1 heterocycles. The van der Waals surface area contributed by atoms with Crippen molar-refractivity contribution in [3.8, 4) is 6.07 Å². The highest BCUT2D eigenvalue weighted by atomic mass is 32.2. The van der Waals surface area contributed by atoms with Crippen molar-refractivity contribution in [2.24, 2.45) is 5.41 Å². The molecule has 1 N–H and O–H groups in total. The molecule has 1 amide bonds. The fourth-order valence-corrected chi connectivity index (χ4v) is 2.76. The molecule has 1 aliphatic rings. The smallest absolute Gasteiger partial charge is 0.239 e. The minimum Gasteiger partial charge on any atom is -0.353 e. The van der Waals surface area contributed by atoms with E-state index < -0.39 is 5.41 Å². The number of carbonyl (C=O) groups is 1. The zero-order valence-corrected chi connectivity index (χ0v) is 10.4. The summed E-state index contributed by atoms with van der Waals surface area (Å²) in [6, 6.07) is 2.01. The van der Waals surface area contributed by atoms with E-state index in [0.717, 1.165) is 6.42 Å². The van der Waals surface area contributed by atoms with E-state index in [1.54, 1.807) is 13.8 Å². The van der Waals surface area contributed by atoms with E-state index in [1.165, 1.54) is 12.2 Å². The molecule has 1 saturated heterocycles. The molecule has 1 rings (SSSR count). The fourth-order valence-electron chi connectivity index (χ4n) is 1.52. The Morgan fingerprint density at radius 1 is 1.67 bits per heavy atom. The minimum atomic E-state index is -0.917. The highest BCUT2D eigenvalue weighted by Gasteiger charge is 2.33. The Morgan fingerprint density at radius 3 is 2.80 bits per heavy atom. The maximum atomic E-state index is 11.7. The van der Waals surface area contributed by atoms with E-state index in [0.29, 0.717) is 6.54 Å². The second kappa shape index (κ2) is 4.44. The topological polar surface area (TPSA) is 52.9 Å². The lowest BCUT2D eigenvalue weighted by Crippen LogP contribution is -2.42. The van der Waals surface area contributed by atoms with Crippen LogP contribution < -0.4 is 5.32 Å². The Bertz CT molecular complexity index is 287. The van der Waals surface area contributed by atoms with Crippen molar-refractivity contribution in [1.29, 1.82) is 5.26 Å². The number of hydrogen-bond acceptors (Lipinski definition) is 3. The molecule has 0 saturated carbocycles. The average Bonchev–Trinajstić information content (AvgIpc) is 2.62. The number of hydrogen-bond donors (Lipinski definition) is 1. The first-order valence-corrected chi connectivity index (χ1v) is 6.22. The van der Waals surface area contributed by atoms with E-state index in [1.807, 2.05) is 17.8 Å². The van der Waals surface area contributed by atoms with Gasteiger partial charge < -0.3 is 5.32 Å². The molecule has 4 heteroatoms. The molecule has 1 atom stereocenters. The molecule has 0 aromatic rings. The highest BCUT2D eigenvalue weighted by molar-refractivity contribution is 8.00. The maximum Gasteiger partial charge on any atom is 0.239 e. The molecule has 0 aliphatic carbocycles. The summed E-state index contributed by atoms with van der Waals surface area (Å²) >= 11 is 1.91. The van der Waals surface area contributed by atoms with E-state index >= 15 is 0 Å². The monoisotopic (exact) mass is 226 g/mol. The number of carbonyl (C=O) groups excluding carboxylic acids is 1. The Hall–Kier alpha value is -0.690. The number of nitrogens with one attached hydrogen (secondary N) is 1. The Balaban J connectivity index is 2.44. The first-order chi connectivity index (χ1) is 6.90. The number of nitrogens with zero attached hydrogens (tertiary/aromatic N) is 1. The van der Waals surface area contributed by atoms with Gasteiger partial charge in [-0.1, -0.05) is 0 Å². The van der Waals surface area contributed by atoms with E-state index in [2.05, 4.69) is 12.2 Å². The predicted octanol–water partition coefficient (Wildman–Crippen LogP) is 1.94. The van der Waals surface area contributed by atoms with Gasteiger partial charge in [-0.3, -0.25) is 4.79 Å². The molecule has 1 unspecified atom stereocenters. The Labute approximate surface area is 95.6 Å². The average molecular weight is 226 g/mol. The van der Waals surface area contributed by atoms with E-state index in [4.69, 9.17) is 5.26 Å². The van der Waals surface area contributed by atoms with Gasteiger partial charge >= 0.3 is 0 Å². The lowest BCUT2D eigenvalue weighted by Gasteiger charge is -2.25. The summed E-state index contributed by atoms with van der Waals surface area (Å²) in [4.78, 5) is 11.7. The van der Waals surface area contributed by atoms with Gasteiger partial charge in [0.1, 0.15) is 5.41 Å². The SMILES string of the molecule is CC1(CNC(=O)C(C)(C)C#N)CCCS1. The number of thioether (sulfide) groups is 1. The lowest BCUT2D eigenvalue weighted by molar-refractivity contribution is -0.126.